The first-order valence-corrected chi connectivity index (χ1v) is 5.53. The summed E-state index contributed by atoms with van der Waals surface area (Å²) >= 11 is 0. The van der Waals surface area contributed by atoms with Crippen LogP contribution in [0.1, 0.15) is 34.9 Å². The number of Topliss-reactive ketones (excluding diaryl/α,β-unsaturated/α-hetero) is 1. The van der Waals surface area contributed by atoms with Gasteiger partial charge in [0.2, 0.25) is 0 Å². The molecule has 0 bridgehead atoms. The number of hydrogen-bond acceptors (Lipinski definition) is 4. The van der Waals surface area contributed by atoms with Gasteiger partial charge in [0, 0.05) is 12.8 Å². The van der Waals surface area contributed by atoms with E-state index < -0.39 is 5.97 Å². The third kappa shape index (κ3) is 2.53. The molecule has 1 saturated heterocycles. The molecule has 4 nitrogen and oxygen atoms in total. The largest absolute Gasteiger partial charge is 0.465 e. The fraction of sp³-hybridized carbons (Fsp3) is 0.385. The van der Waals surface area contributed by atoms with Crippen molar-refractivity contribution in [3.63, 3.8) is 0 Å². The van der Waals surface area contributed by atoms with Crippen LogP contribution in [0.25, 0.3) is 0 Å². The normalized spacial score (nSPS) is 20.1. The van der Waals surface area contributed by atoms with Gasteiger partial charge in [-0.15, -0.1) is 0 Å². The van der Waals surface area contributed by atoms with Gasteiger partial charge in [0.1, 0.15) is 5.78 Å². The summed E-state index contributed by atoms with van der Waals surface area (Å²) < 4.78 is 10.3. The van der Waals surface area contributed by atoms with Gasteiger partial charge in [-0.25, -0.2) is 4.79 Å². The highest BCUT2D eigenvalue weighted by atomic mass is 16.5. The molecule has 1 fully saturated rings. The maximum Gasteiger partial charge on any atom is 0.338 e. The highest BCUT2D eigenvalue weighted by Gasteiger charge is 2.25. The van der Waals surface area contributed by atoms with Crippen LogP contribution >= 0.6 is 0 Å². The maximum atomic E-state index is 11.6. The van der Waals surface area contributed by atoms with Crippen LogP contribution in [0.3, 0.4) is 0 Å². The van der Waals surface area contributed by atoms with E-state index in [9.17, 15) is 9.59 Å². The monoisotopic (exact) mass is 234 g/mol. The lowest BCUT2D eigenvalue weighted by Gasteiger charge is -2.23. The number of hydrogen-bond donors (Lipinski definition) is 0. The summed E-state index contributed by atoms with van der Waals surface area (Å²) in [6, 6.07) is 7.07. The fourth-order valence-electron chi connectivity index (χ4n) is 1.96. The lowest BCUT2D eigenvalue weighted by Crippen LogP contribution is -2.21. The highest BCUT2D eigenvalue weighted by molar-refractivity contribution is 5.91. The molecule has 0 unspecified atom stereocenters. The van der Waals surface area contributed by atoms with Gasteiger partial charge < -0.3 is 9.47 Å². The van der Waals surface area contributed by atoms with Crippen LogP contribution in [0, 0.1) is 0 Å². The Morgan fingerprint density at radius 2 is 2.18 bits per heavy atom. The number of ether oxygens (including phenoxy) is 2. The van der Waals surface area contributed by atoms with E-state index in [0.29, 0.717) is 25.0 Å². The molecule has 1 aromatic rings. The molecule has 1 atom stereocenters. The van der Waals surface area contributed by atoms with Gasteiger partial charge in [-0.1, -0.05) is 18.2 Å². The Labute approximate surface area is 99.5 Å². The Hall–Kier alpha value is -1.68. The zero-order valence-corrected chi connectivity index (χ0v) is 9.64. The van der Waals surface area contributed by atoms with E-state index in [-0.39, 0.29) is 11.9 Å². The molecule has 0 aromatic heterocycles. The van der Waals surface area contributed by atoms with Crippen molar-refractivity contribution in [3.8, 4) is 0 Å². The topological polar surface area (TPSA) is 52.6 Å². The molecule has 0 radical (unpaired) electrons. The van der Waals surface area contributed by atoms with E-state index >= 15 is 0 Å². The molecule has 0 N–H and O–H groups in total. The van der Waals surface area contributed by atoms with Crippen LogP contribution < -0.4 is 0 Å². The second-order valence-corrected chi connectivity index (χ2v) is 3.93. The molecule has 1 aliphatic heterocycles. The smallest absolute Gasteiger partial charge is 0.338 e. The highest BCUT2D eigenvalue weighted by Crippen LogP contribution is 2.28. The van der Waals surface area contributed by atoms with Gasteiger partial charge in [-0.3, -0.25) is 4.79 Å². The Morgan fingerprint density at radius 3 is 2.88 bits per heavy atom. The second kappa shape index (κ2) is 5.10. The number of esters is 1. The van der Waals surface area contributed by atoms with Crippen LogP contribution in [-0.2, 0) is 14.3 Å². The zero-order chi connectivity index (χ0) is 12.3. The molecule has 1 heterocycles. The molecule has 0 spiro atoms. The Morgan fingerprint density at radius 1 is 1.41 bits per heavy atom. The molecule has 2 rings (SSSR count). The fourth-order valence-corrected chi connectivity index (χ4v) is 1.96. The first kappa shape index (κ1) is 11.8. The lowest BCUT2D eigenvalue weighted by molar-refractivity contribution is -0.128. The summed E-state index contributed by atoms with van der Waals surface area (Å²) in [4.78, 5) is 23.0. The van der Waals surface area contributed by atoms with Crippen LogP contribution in [0.2, 0.25) is 0 Å². The predicted molar refractivity (Wildman–Crippen MR) is 60.7 cm³/mol. The van der Waals surface area contributed by atoms with E-state index in [2.05, 4.69) is 0 Å². The van der Waals surface area contributed by atoms with E-state index in [1.54, 1.807) is 18.2 Å². The minimum atomic E-state index is -0.401. The second-order valence-electron chi connectivity index (χ2n) is 3.93. The number of ketones is 1. The van der Waals surface area contributed by atoms with Gasteiger partial charge in [0.05, 0.1) is 25.4 Å². The van der Waals surface area contributed by atoms with Gasteiger partial charge >= 0.3 is 5.97 Å². The SMILES string of the molecule is COC(=O)c1ccccc1[C@@H]1CC(=O)CCO1. The molecular weight excluding hydrogens is 220 g/mol. The molecule has 17 heavy (non-hydrogen) atoms. The Balaban J connectivity index is 2.30. The van der Waals surface area contributed by atoms with Crippen LogP contribution in [0.15, 0.2) is 24.3 Å². The van der Waals surface area contributed by atoms with Crippen molar-refractivity contribution in [2.24, 2.45) is 0 Å². The number of benzene rings is 1. The Bertz CT molecular complexity index is 439. The first-order valence-electron chi connectivity index (χ1n) is 5.53. The average molecular weight is 234 g/mol. The third-order valence-electron chi connectivity index (χ3n) is 2.83. The number of carbonyl (C=O) groups is 2. The third-order valence-corrected chi connectivity index (χ3v) is 2.83. The molecule has 4 heteroatoms. The molecule has 0 amide bonds. The molecular formula is C13H14O4. The number of rotatable bonds is 2. The minimum absolute atomic E-state index is 0.168. The van der Waals surface area contributed by atoms with Crippen molar-refractivity contribution in [1.82, 2.24) is 0 Å². The summed E-state index contributed by atoms with van der Waals surface area (Å²) in [6.45, 7) is 0.416. The maximum absolute atomic E-state index is 11.6. The average Bonchev–Trinajstić information content (AvgIpc) is 2.38. The van der Waals surface area contributed by atoms with E-state index in [0.717, 1.165) is 5.56 Å². The zero-order valence-electron chi connectivity index (χ0n) is 9.64. The van der Waals surface area contributed by atoms with Gasteiger partial charge in [-0.2, -0.15) is 0 Å². The van der Waals surface area contributed by atoms with Gasteiger partial charge in [-0.05, 0) is 11.6 Å². The minimum Gasteiger partial charge on any atom is -0.465 e. The molecule has 0 saturated carbocycles. The van der Waals surface area contributed by atoms with Crippen molar-refractivity contribution in [2.75, 3.05) is 13.7 Å². The van der Waals surface area contributed by atoms with E-state index in [1.165, 1.54) is 7.11 Å². The molecule has 0 aliphatic carbocycles. The van der Waals surface area contributed by atoms with Crippen molar-refractivity contribution >= 4 is 11.8 Å². The predicted octanol–water partition coefficient (Wildman–Crippen LogP) is 1.89. The van der Waals surface area contributed by atoms with Crippen molar-refractivity contribution in [3.05, 3.63) is 35.4 Å². The Kier molecular flexibility index (Phi) is 3.54. The van der Waals surface area contributed by atoms with Crippen LogP contribution in [0.4, 0.5) is 0 Å². The molecule has 1 aliphatic rings. The van der Waals surface area contributed by atoms with Gasteiger partial charge in [0.25, 0.3) is 0 Å². The number of methoxy groups -OCH3 is 1. The first-order chi connectivity index (χ1) is 8.22. The molecule has 1 aromatic carbocycles. The van der Waals surface area contributed by atoms with Crippen LogP contribution in [0.5, 0.6) is 0 Å². The summed E-state index contributed by atoms with van der Waals surface area (Å²) in [7, 11) is 1.34. The lowest BCUT2D eigenvalue weighted by atomic mass is 9.96. The van der Waals surface area contributed by atoms with Gasteiger partial charge in [0.15, 0.2) is 0 Å². The summed E-state index contributed by atoms with van der Waals surface area (Å²) in [5.41, 5.74) is 1.20. The standard InChI is InChI=1S/C13H14O4/c1-16-13(15)11-5-3-2-4-10(11)12-8-9(14)6-7-17-12/h2-5,12H,6-8H2,1H3/t12-/m0/s1. The van der Waals surface area contributed by atoms with Crippen LogP contribution in [-0.4, -0.2) is 25.5 Å². The summed E-state index contributed by atoms with van der Waals surface area (Å²) in [5.74, 6) is -0.233. The summed E-state index contributed by atoms with van der Waals surface area (Å²) in [5, 5.41) is 0. The number of carbonyl (C=O) groups excluding carboxylic acids is 2. The van der Waals surface area contributed by atoms with Crippen molar-refractivity contribution < 1.29 is 19.1 Å². The van der Waals surface area contributed by atoms with Crippen molar-refractivity contribution in [1.29, 1.82) is 0 Å². The van der Waals surface area contributed by atoms with Crippen molar-refractivity contribution in [2.45, 2.75) is 18.9 Å². The quantitative estimate of drug-likeness (QED) is 0.733. The van der Waals surface area contributed by atoms with E-state index in [4.69, 9.17) is 9.47 Å². The van der Waals surface area contributed by atoms with E-state index in [1.807, 2.05) is 6.07 Å². The molecule has 90 valence electrons. The summed E-state index contributed by atoms with van der Waals surface area (Å²) in [6.07, 6.45) is 0.455.